The van der Waals surface area contributed by atoms with Crippen LogP contribution in [-0.2, 0) is 4.79 Å². The van der Waals surface area contributed by atoms with Gasteiger partial charge in [-0.1, -0.05) is 24.3 Å². The van der Waals surface area contributed by atoms with Gasteiger partial charge in [-0.15, -0.1) is 0 Å². The Balaban J connectivity index is 1.93. The second kappa shape index (κ2) is 10.1. The van der Waals surface area contributed by atoms with Crippen molar-refractivity contribution >= 4 is 23.5 Å². The van der Waals surface area contributed by atoms with Gasteiger partial charge < -0.3 is 9.64 Å². The van der Waals surface area contributed by atoms with E-state index in [9.17, 15) is 14.9 Å². The Labute approximate surface area is 164 Å². The van der Waals surface area contributed by atoms with Crippen molar-refractivity contribution in [2.45, 2.75) is 26.9 Å². The summed E-state index contributed by atoms with van der Waals surface area (Å²) in [6.07, 6.45) is 0.588. The molecule has 0 saturated heterocycles. The van der Waals surface area contributed by atoms with E-state index >= 15 is 0 Å². The van der Waals surface area contributed by atoms with Crippen LogP contribution in [0.25, 0.3) is 0 Å². The van der Waals surface area contributed by atoms with Crippen molar-refractivity contribution in [3.63, 3.8) is 0 Å². The predicted molar refractivity (Wildman–Crippen MR) is 109 cm³/mol. The highest BCUT2D eigenvalue weighted by molar-refractivity contribution is 5.84. The van der Waals surface area contributed by atoms with Gasteiger partial charge in [-0.2, -0.15) is 5.10 Å². The monoisotopic (exact) mass is 384 g/mol. The lowest BCUT2D eigenvalue weighted by Gasteiger charge is -2.20. The molecule has 0 bridgehead atoms. The first kappa shape index (κ1) is 20.9. The van der Waals surface area contributed by atoms with Gasteiger partial charge >= 0.3 is 5.69 Å². The molecule has 8 heteroatoms. The average Bonchev–Trinajstić information content (AvgIpc) is 2.70. The highest BCUT2D eigenvalue weighted by atomic mass is 16.6. The molecule has 0 aliphatic rings. The summed E-state index contributed by atoms with van der Waals surface area (Å²) in [6.45, 7) is 7.55. The van der Waals surface area contributed by atoms with E-state index in [0.717, 1.165) is 24.3 Å². The van der Waals surface area contributed by atoms with E-state index in [0.29, 0.717) is 0 Å². The molecular formula is C20H24N4O4. The molecule has 8 nitrogen and oxygen atoms in total. The Bertz CT molecular complexity index is 832. The van der Waals surface area contributed by atoms with Gasteiger partial charge in [0, 0.05) is 24.8 Å². The number of nitrogens with zero attached hydrogens (tertiary/aromatic N) is 3. The van der Waals surface area contributed by atoms with Crippen molar-refractivity contribution < 1.29 is 14.5 Å². The number of anilines is 1. The smallest absolute Gasteiger partial charge is 0.310 e. The first-order valence-electron chi connectivity index (χ1n) is 9.04. The summed E-state index contributed by atoms with van der Waals surface area (Å²) < 4.78 is 5.40. The third-order valence-corrected chi connectivity index (χ3v) is 4.14. The van der Waals surface area contributed by atoms with Gasteiger partial charge in [0.1, 0.15) is 0 Å². The Kier molecular flexibility index (Phi) is 7.50. The lowest BCUT2D eigenvalue weighted by atomic mass is 10.2. The maximum Gasteiger partial charge on any atom is 0.310 e. The van der Waals surface area contributed by atoms with E-state index in [4.69, 9.17) is 4.74 Å². The Morgan fingerprint density at radius 2 is 1.86 bits per heavy atom. The molecular weight excluding hydrogens is 360 g/mol. The number of nitro benzene ring substituents is 1. The van der Waals surface area contributed by atoms with Gasteiger partial charge in [0.2, 0.25) is 0 Å². The molecule has 2 rings (SSSR count). The first-order chi connectivity index (χ1) is 13.5. The lowest BCUT2D eigenvalue weighted by Crippen LogP contribution is -2.33. The molecule has 28 heavy (non-hydrogen) atoms. The second-order valence-electron chi connectivity index (χ2n) is 5.98. The van der Waals surface area contributed by atoms with Crippen LogP contribution in [0.1, 0.15) is 26.3 Å². The third-order valence-electron chi connectivity index (χ3n) is 4.14. The minimum atomic E-state index is -0.941. The number of benzene rings is 2. The van der Waals surface area contributed by atoms with Crippen LogP contribution < -0.4 is 15.1 Å². The Hall–Kier alpha value is -3.42. The van der Waals surface area contributed by atoms with Crippen LogP contribution in [-0.4, -0.2) is 36.2 Å². The summed E-state index contributed by atoms with van der Waals surface area (Å²) in [5.41, 5.74) is 4.15. The lowest BCUT2D eigenvalue weighted by molar-refractivity contribution is -0.386. The van der Waals surface area contributed by atoms with Gasteiger partial charge in [0.05, 0.1) is 11.1 Å². The molecule has 1 amide bonds. The quantitative estimate of drug-likeness (QED) is 0.406. The van der Waals surface area contributed by atoms with E-state index < -0.39 is 16.9 Å². The van der Waals surface area contributed by atoms with Crippen molar-refractivity contribution in [3.05, 3.63) is 64.2 Å². The van der Waals surface area contributed by atoms with Crippen LogP contribution in [0.3, 0.4) is 0 Å². The number of carbonyl (C=O) groups is 1. The van der Waals surface area contributed by atoms with Gasteiger partial charge in [-0.25, -0.2) is 5.43 Å². The molecule has 0 spiro atoms. The molecule has 0 fully saturated rings. The number of hydrogen-bond donors (Lipinski definition) is 1. The summed E-state index contributed by atoms with van der Waals surface area (Å²) in [6, 6.07) is 13.7. The van der Waals surface area contributed by atoms with Crippen LogP contribution in [0.15, 0.2) is 53.6 Å². The van der Waals surface area contributed by atoms with Gasteiger partial charge in [-0.3, -0.25) is 14.9 Å². The molecule has 2 aromatic rings. The van der Waals surface area contributed by atoms with Crippen LogP contribution in [0.2, 0.25) is 0 Å². The Morgan fingerprint density at radius 3 is 2.46 bits per heavy atom. The minimum Gasteiger partial charge on any atom is -0.474 e. The zero-order valence-corrected chi connectivity index (χ0v) is 16.2. The number of amides is 1. The largest absolute Gasteiger partial charge is 0.474 e. The summed E-state index contributed by atoms with van der Waals surface area (Å²) in [5.74, 6) is -0.472. The van der Waals surface area contributed by atoms with Crippen LogP contribution >= 0.6 is 0 Å². The number of hydrazone groups is 1. The van der Waals surface area contributed by atoms with Crippen molar-refractivity contribution in [1.29, 1.82) is 0 Å². The number of para-hydroxylation sites is 2. The number of hydrogen-bond acceptors (Lipinski definition) is 6. The van der Waals surface area contributed by atoms with E-state index in [1.807, 2.05) is 24.3 Å². The molecule has 0 unspecified atom stereocenters. The summed E-state index contributed by atoms with van der Waals surface area (Å²) in [5, 5.41) is 14.9. The maximum absolute atomic E-state index is 12.1. The van der Waals surface area contributed by atoms with Crippen LogP contribution in [0.4, 0.5) is 11.4 Å². The van der Waals surface area contributed by atoms with E-state index in [1.54, 1.807) is 6.07 Å². The van der Waals surface area contributed by atoms with Crippen LogP contribution in [0.5, 0.6) is 5.75 Å². The average molecular weight is 384 g/mol. The van der Waals surface area contributed by atoms with E-state index in [-0.39, 0.29) is 11.4 Å². The number of ether oxygens (including phenoxy) is 1. The topological polar surface area (TPSA) is 97.1 Å². The van der Waals surface area contributed by atoms with E-state index in [2.05, 4.69) is 29.3 Å². The normalized spacial score (nSPS) is 11.8. The Morgan fingerprint density at radius 1 is 1.21 bits per heavy atom. The molecule has 0 heterocycles. The maximum atomic E-state index is 12.1. The number of nitrogens with one attached hydrogen (secondary N) is 1. The second-order valence-corrected chi connectivity index (χ2v) is 5.98. The molecule has 0 aromatic heterocycles. The number of rotatable bonds is 9. The van der Waals surface area contributed by atoms with Crippen molar-refractivity contribution in [1.82, 2.24) is 5.43 Å². The molecule has 1 atom stereocenters. The van der Waals surface area contributed by atoms with Crippen molar-refractivity contribution in [3.8, 4) is 5.75 Å². The highest BCUT2D eigenvalue weighted by Crippen LogP contribution is 2.26. The third kappa shape index (κ3) is 5.54. The fourth-order valence-corrected chi connectivity index (χ4v) is 2.57. The van der Waals surface area contributed by atoms with Crippen molar-refractivity contribution in [2.24, 2.45) is 5.10 Å². The van der Waals surface area contributed by atoms with Crippen molar-refractivity contribution in [2.75, 3.05) is 18.0 Å². The van der Waals surface area contributed by atoms with E-state index in [1.165, 1.54) is 31.3 Å². The summed E-state index contributed by atoms with van der Waals surface area (Å²) >= 11 is 0. The standard InChI is InChI=1S/C20H24N4O4/c1-4-23(5-2)17-12-10-16(11-13-17)14-21-22-20(25)15(3)28-19-9-7-6-8-18(19)24(26)27/h6-15H,4-5H2,1-3H3,(H,22,25)/t15-/m1/s1. The zero-order valence-electron chi connectivity index (χ0n) is 16.2. The fraction of sp³-hybridized carbons (Fsp3) is 0.300. The SMILES string of the molecule is CCN(CC)c1ccc(C=NNC(=O)[C@@H](C)Oc2ccccc2[N+](=O)[O-])cc1. The summed E-state index contributed by atoms with van der Waals surface area (Å²) in [4.78, 5) is 24.8. The highest BCUT2D eigenvalue weighted by Gasteiger charge is 2.20. The molecule has 0 saturated carbocycles. The summed E-state index contributed by atoms with van der Waals surface area (Å²) in [7, 11) is 0. The van der Waals surface area contributed by atoms with Gasteiger partial charge in [-0.05, 0) is 44.5 Å². The fourth-order valence-electron chi connectivity index (χ4n) is 2.57. The number of carbonyl (C=O) groups excluding carboxylic acids is 1. The molecule has 1 N–H and O–H groups in total. The molecule has 0 radical (unpaired) electrons. The zero-order chi connectivity index (χ0) is 20.5. The molecule has 148 valence electrons. The van der Waals surface area contributed by atoms with Gasteiger partial charge in [0.15, 0.2) is 11.9 Å². The first-order valence-corrected chi connectivity index (χ1v) is 9.04. The van der Waals surface area contributed by atoms with Gasteiger partial charge in [0.25, 0.3) is 5.91 Å². The molecule has 0 aliphatic carbocycles. The molecule has 0 aliphatic heterocycles. The minimum absolute atomic E-state index is 0.0334. The predicted octanol–water partition coefficient (Wildman–Crippen LogP) is 3.36. The number of nitro groups is 1. The molecule has 2 aromatic carbocycles. The van der Waals surface area contributed by atoms with Crippen LogP contribution in [0, 0.1) is 10.1 Å².